The molecule has 0 radical (unpaired) electrons. The topological polar surface area (TPSA) is 69.9 Å². The fourth-order valence-electron chi connectivity index (χ4n) is 3.97. The van der Waals surface area contributed by atoms with E-state index in [4.69, 9.17) is 16.3 Å². The number of aromatic nitrogens is 4. The molecule has 8 heteroatoms. The Morgan fingerprint density at radius 3 is 2.84 bits per heavy atom. The van der Waals surface area contributed by atoms with Gasteiger partial charge >= 0.3 is 0 Å². The van der Waals surface area contributed by atoms with Gasteiger partial charge in [-0.1, -0.05) is 41.9 Å². The zero-order valence-corrected chi connectivity index (χ0v) is 17.1. The van der Waals surface area contributed by atoms with Crippen molar-refractivity contribution in [1.29, 1.82) is 0 Å². The Labute approximate surface area is 182 Å². The Kier molecular flexibility index (Phi) is 4.75. The van der Waals surface area contributed by atoms with Crippen LogP contribution in [0.5, 0.6) is 5.75 Å². The fraction of sp³-hybridized carbons (Fsp3) is 0.130. The number of rotatable bonds is 4. The molecule has 0 spiro atoms. The maximum absolute atomic E-state index is 14.1. The molecule has 0 saturated carbocycles. The number of para-hydroxylation sites is 1. The lowest BCUT2D eigenvalue weighted by molar-refractivity contribution is -0.108. The molecule has 2 aromatic carbocycles. The van der Waals surface area contributed by atoms with Crippen LogP contribution in [-0.4, -0.2) is 26.0 Å². The summed E-state index contributed by atoms with van der Waals surface area (Å²) in [6.45, 7) is 1.88. The molecule has 0 fully saturated rings. The second-order valence-corrected chi connectivity index (χ2v) is 7.57. The van der Waals surface area contributed by atoms with E-state index < -0.39 is 17.8 Å². The summed E-state index contributed by atoms with van der Waals surface area (Å²) < 4.78 is 22.1. The smallest absolute Gasteiger partial charge is 0.163 e. The Balaban J connectivity index is 1.75. The second-order valence-electron chi connectivity index (χ2n) is 7.21. The van der Waals surface area contributed by atoms with E-state index in [2.05, 4.69) is 15.1 Å². The lowest BCUT2D eigenvalue weighted by Gasteiger charge is -2.31. The van der Waals surface area contributed by atoms with Crippen LogP contribution in [-0.2, 0) is 4.79 Å². The summed E-state index contributed by atoms with van der Waals surface area (Å²) in [6, 6.07) is 13.0. The molecule has 0 aliphatic carbocycles. The van der Waals surface area contributed by atoms with E-state index in [-0.39, 0.29) is 0 Å². The van der Waals surface area contributed by atoms with Crippen LogP contribution in [0.15, 0.2) is 66.8 Å². The molecule has 154 valence electrons. The Morgan fingerprint density at radius 2 is 2.03 bits per heavy atom. The number of halogens is 2. The van der Waals surface area contributed by atoms with Gasteiger partial charge in [0.05, 0.1) is 17.5 Å². The van der Waals surface area contributed by atoms with Gasteiger partial charge in [-0.3, -0.25) is 0 Å². The van der Waals surface area contributed by atoms with Crippen molar-refractivity contribution in [2.75, 3.05) is 0 Å². The third-order valence-electron chi connectivity index (χ3n) is 5.41. The summed E-state index contributed by atoms with van der Waals surface area (Å²) in [5.74, 6) is 0.0423. The molecule has 6 nitrogen and oxygen atoms in total. The molecule has 4 aromatic rings. The average molecular weight is 435 g/mol. The van der Waals surface area contributed by atoms with E-state index in [0.717, 1.165) is 11.8 Å². The number of allylic oxidation sites excluding steroid dienone is 2. The lowest BCUT2D eigenvalue weighted by atomic mass is 9.83. The van der Waals surface area contributed by atoms with E-state index in [1.807, 2.05) is 25.1 Å². The quantitative estimate of drug-likeness (QED) is 0.335. The molecule has 5 rings (SSSR count). The van der Waals surface area contributed by atoms with Crippen molar-refractivity contribution >= 4 is 34.5 Å². The van der Waals surface area contributed by atoms with E-state index >= 15 is 0 Å². The van der Waals surface area contributed by atoms with Crippen LogP contribution in [0.1, 0.15) is 30.0 Å². The first-order valence-corrected chi connectivity index (χ1v) is 10.0. The predicted molar refractivity (Wildman–Crippen MR) is 114 cm³/mol. The summed E-state index contributed by atoms with van der Waals surface area (Å²) in [7, 11) is 0. The summed E-state index contributed by atoms with van der Waals surface area (Å²) in [5, 5.41) is 5.34. The normalized spacial score (nSPS) is 16.7. The maximum atomic E-state index is 14.1. The number of benzene rings is 2. The summed E-state index contributed by atoms with van der Waals surface area (Å²) in [4.78, 5) is 20.6. The number of carbonyl (C=O) groups excluding carboxylic acids is 1. The first kappa shape index (κ1) is 19.4. The van der Waals surface area contributed by atoms with Gasteiger partial charge in [-0.25, -0.2) is 19.0 Å². The highest BCUT2D eigenvalue weighted by molar-refractivity contribution is 6.33. The number of carbonyl (C=O) groups is 1. The monoisotopic (exact) mass is 434 g/mol. The Hall–Kier alpha value is -3.58. The van der Waals surface area contributed by atoms with Crippen molar-refractivity contribution in [2.24, 2.45) is 0 Å². The van der Waals surface area contributed by atoms with Gasteiger partial charge in [0.15, 0.2) is 5.65 Å². The molecule has 1 aliphatic rings. The van der Waals surface area contributed by atoms with Crippen LogP contribution in [0.2, 0.25) is 5.15 Å². The predicted octanol–water partition coefficient (Wildman–Crippen LogP) is 4.97. The SMILES string of the molecule is CC(C1=C(c2cccc(F)c2)C(C=O)c2ccccc2O1)n1ncc2c(Cl)ncnc21. The van der Waals surface area contributed by atoms with Crippen molar-refractivity contribution in [3.05, 3.63) is 88.9 Å². The van der Waals surface area contributed by atoms with Crippen molar-refractivity contribution in [3.8, 4) is 5.75 Å². The molecule has 2 unspecified atom stereocenters. The van der Waals surface area contributed by atoms with Crippen LogP contribution in [0.3, 0.4) is 0 Å². The van der Waals surface area contributed by atoms with Crippen molar-refractivity contribution in [3.63, 3.8) is 0 Å². The maximum Gasteiger partial charge on any atom is 0.163 e. The molecule has 3 heterocycles. The second kappa shape index (κ2) is 7.59. The van der Waals surface area contributed by atoms with Crippen LogP contribution in [0, 0.1) is 5.82 Å². The minimum absolute atomic E-state index is 0.295. The molecule has 2 atom stereocenters. The highest BCUT2D eigenvalue weighted by atomic mass is 35.5. The number of nitrogens with zero attached hydrogens (tertiary/aromatic N) is 4. The summed E-state index contributed by atoms with van der Waals surface area (Å²) in [6.07, 6.45) is 3.81. The number of hydrogen-bond donors (Lipinski definition) is 0. The first-order chi connectivity index (χ1) is 15.1. The third-order valence-corrected chi connectivity index (χ3v) is 5.71. The van der Waals surface area contributed by atoms with Crippen LogP contribution in [0.25, 0.3) is 16.6 Å². The zero-order valence-electron chi connectivity index (χ0n) is 16.4. The number of ether oxygens (including phenoxy) is 1. The van der Waals surface area contributed by atoms with Crippen molar-refractivity contribution in [2.45, 2.75) is 18.9 Å². The molecule has 0 bridgehead atoms. The lowest BCUT2D eigenvalue weighted by Crippen LogP contribution is -2.23. The average Bonchev–Trinajstić information content (AvgIpc) is 3.22. The van der Waals surface area contributed by atoms with Gasteiger partial charge in [0.25, 0.3) is 0 Å². The number of fused-ring (bicyclic) bond motifs is 2. The van der Waals surface area contributed by atoms with E-state index in [0.29, 0.717) is 38.8 Å². The summed E-state index contributed by atoms with van der Waals surface area (Å²) >= 11 is 6.18. The largest absolute Gasteiger partial charge is 0.459 e. The van der Waals surface area contributed by atoms with Gasteiger partial charge < -0.3 is 9.53 Å². The van der Waals surface area contributed by atoms with Crippen LogP contribution < -0.4 is 4.74 Å². The minimum atomic E-state index is -0.621. The summed E-state index contributed by atoms with van der Waals surface area (Å²) in [5.41, 5.74) is 2.41. The van der Waals surface area contributed by atoms with E-state index in [9.17, 15) is 9.18 Å². The van der Waals surface area contributed by atoms with E-state index in [1.54, 1.807) is 29.1 Å². The van der Waals surface area contributed by atoms with Crippen LogP contribution in [0.4, 0.5) is 4.39 Å². The minimum Gasteiger partial charge on any atom is -0.459 e. The Bertz CT molecular complexity index is 1350. The van der Waals surface area contributed by atoms with Gasteiger partial charge in [0, 0.05) is 11.1 Å². The molecule has 0 saturated heterocycles. The Morgan fingerprint density at radius 1 is 1.19 bits per heavy atom. The first-order valence-electron chi connectivity index (χ1n) is 9.64. The highest BCUT2D eigenvalue weighted by Crippen LogP contribution is 2.45. The molecular formula is C23H16ClFN4O2. The number of hydrogen-bond acceptors (Lipinski definition) is 5. The van der Waals surface area contributed by atoms with E-state index in [1.165, 1.54) is 18.5 Å². The fourth-order valence-corrected chi connectivity index (χ4v) is 4.15. The van der Waals surface area contributed by atoms with Gasteiger partial charge in [-0.05, 0) is 30.7 Å². The van der Waals surface area contributed by atoms with Crippen molar-refractivity contribution < 1.29 is 13.9 Å². The number of aldehydes is 1. The van der Waals surface area contributed by atoms with Gasteiger partial charge in [-0.2, -0.15) is 5.10 Å². The molecular weight excluding hydrogens is 419 g/mol. The highest BCUT2D eigenvalue weighted by Gasteiger charge is 2.34. The zero-order chi connectivity index (χ0) is 21.5. The van der Waals surface area contributed by atoms with Crippen molar-refractivity contribution in [1.82, 2.24) is 19.7 Å². The molecule has 31 heavy (non-hydrogen) atoms. The van der Waals surface area contributed by atoms with Crippen LogP contribution >= 0.6 is 11.6 Å². The molecule has 2 aromatic heterocycles. The van der Waals surface area contributed by atoms with Gasteiger partial charge in [0.2, 0.25) is 0 Å². The molecule has 0 N–H and O–H groups in total. The molecule has 0 amide bonds. The standard InChI is InChI=1S/C23H16ClFN4O2/c1-13(29-23-17(10-28-29)22(24)26-12-27-23)21-20(14-5-4-6-15(25)9-14)18(11-30)16-7-2-3-8-19(16)31-21/h2-13,18H,1H3. The van der Waals surface area contributed by atoms with Gasteiger partial charge in [-0.15, -0.1) is 0 Å². The van der Waals surface area contributed by atoms with Gasteiger partial charge in [0.1, 0.15) is 41.1 Å². The molecule has 1 aliphatic heterocycles. The third kappa shape index (κ3) is 3.18.